The van der Waals surface area contributed by atoms with Crippen LogP contribution in [-0.4, -0.2) is 46.9 Å². The van der Waals surface area contributed by atoms with Crippen molar-refractivity contribution in [1.29, 1.82) is 0 Å². The normalized spacial score (nSPS) is 14.8. The number of anilines is 1. The lowest BCUT2D eigenvalue weighted by molar-refractivity contribution is 0.101. The van der Waals surface area contributed by atoms with E-state index in [4.69, 9.17) is 4.74 Å². The topological polar surface area (TPSA) is 72.3 Å². The molecule has 0 aliphatic carbocycles. The van der Waals surface area contributed by atoms with Crippen LogP contribution in [0.25, 0.3) is 11.0 Å². The van der Waals surface area contributed by atoms with Gasteiger partial charge in [0.25, 0.3) is 5.91 Å². The molecule has 0 saturated carbocycles. The molecular formula is C17H17N5O2. The van der Waals surface area contributed by atoms with Crippen molar-refractivity contribution in [2.45, 2.75) is 0 Å². The molecule has 3 aromatic rings. The van der Waals surface area contributed by atoms with E-state index in [2.05, 4.69) is 20.3 Å². The van der Waals surface area contributed by atoms with Crippen LogP contribution in [0, 0.1) is 0 Å². The number of aromatic nitrogens is 3. The lowest BCUT2D eigenvalue weighted by Gasteiger charge is -2.27. The second-order valence-corrected chi connectivity index (χ2v) is 5.55. The van der Waals surface area contributed by atoms with Crippen molar-refractivity contribution in [2.75, 3.05) is 36.6 Å². The first-order valence-electron chi connectivity index (χ1n) is 7.83. The molecule has 0 radical (unpaired) electrons. The monoisotopic (exact) mass is 323 g/mol. The van der Waals surface area contributed by atoms with E-state index in [9.17, 15) is 4.79 Å². The lowest BCUT2D eigenvalue weighted by Crippen LogP contribution is -2.36. The van der Waals surface area contributed by atoms with Gasteiger partial charge < -0.3 is 9.64 Å². The second-order valence-electron chi connectivity index (χ2n) is 5.55. The summed E-state index contributed by atoms with van der Waals surface area (Å²) in [6, 6.07) is 11.3. The molecule has 1 N–H and O–H groups in total. The third-order valence-electron chi connectivity index (χ3n) is 4.02. The Morgan fingerprint density at radius 2 is 1.92 bits per heavy atom. The summed E-state index contributed by atoms with van der Waals surface area (Å²) in [5.41, 5.74) is 5.01. The molecule has 1 aliphatic rings. The highest BCUT2D eigenvalue weighted by molar-refractivity contribution is 6.00. The van der Waals surface area contributed by atoms with E-state index in [1.165, 1.54) is 0 Å². The number of carbonyl (C=O) groups excluding carboxylic acids is 1. The van der Waals surface area contributed by atoms with Crippen molar-refractivity contribution in [3.05, 3.63) is 54.5 Å². The standard InChI is InChI=1S/C17H17N5O2/c23-17(20-22-12-19-14-3-1-2-4-15(14)22)13-5-6-16(18-11-13)21-7-9-24-10-8-21/h1-6,11-12H,7-10H2,(H,20,23). The van der Waals surface area contributed by atoms with Gasteiger partial charge in [-0.1, -0.05) is 12.1 Å². The number of amides is 1. The molecule has 0 unspecified atom stereocenters. The van der Waals surface area contributed by atoms with Crippen LogP contribution in [0.15, 0.2) is 48.9 Å². The van der Waals surface area contributed by atoms with Crippen LogP contribution in [0.5, 0.6) is 0 Å². The number of nitrogens with zero attached hydrogens (tertiary/aromatic N) is 4. The fourth-order valence-corrected chi connectivity index (χ4v) is 2.72. The van der Waals surface area contributed by atoms with E-state index in [-0.39, 0.29) is 5.91 Å². The van der Waals surface area contributed by atoms with E-state index < -0.39 is 0 Å². The molecule has 0 atom stereocenters. The minimum atomic E-state index is -0.223. The molecule has 1 aromatic carbocycles. The SMILES string of the molecule is O=C(Nn1cnc2ccccc21)c1ccc(N2CCOCC2)nc1. The Morgan fingerprint density at radius 1 is 1.08 bits per heavy atom. The number of carbonyl (C=O) groups is 1. The maximum absolute atomic E-state index is 12.4. The maximum atomic E-state index is 12.4. The van der Waals surface area contributed by atoms with Crippen molar-refractivity contribution in [3.8, 4) is 0 Å². The number of benzene rings is 1. The van der Waals surface area contributed by atoms with Crippen LogP contribution >= 0.6 is 0 Å². The summed E-state index contributed by atoms with van der Waals surface area (Å²) in [5.74, 6) is 0.641. The van der Waals surface area contributed by atoms with Crippen molar-refractivity contribution < 1.29 is 9.53 Å². The van der Waals surface area contributed by atoms with Gasteiger partial charge in [-0.25, -0.2) is 14.6 Å². The highest BCUT2D eigenvalue weighted by Crippen LogP contribution is 2.14. The fraction of sp³-hybridized carbons (Fsp3) is 0.235. The Balaban J connectivity index is 1.50. The molecule has 24 heavy (non-hydrogen) atoms. The predicted octanol–water partition coefficient (Wildman–Crippen LogP) is 1.65. The maximum Gasteiger partial charge on any atom is 0.271 e. The van der Waals surface area contributed by atoms with E-state index in [1.54, 1.807) is 23.3 Å². The van der Waals surface area contributed by atoms with Crippen LogP contribution in [0.3, 0.4) is 0 Å². The van der Waals surface area contributed by atoms with Gasteiger partial charge in [-0.2, -0.15) is 0 Å². The van der Waals surface area contributed by atoms with Gasteiger partial charge in [0.15, 0.2) is 0 Å². The smallest absolute Gasteiger partial charge is 0.271 e. The Morgan fingerprint density at radius 3 is 2.71 bits per heavy atom. The number of ether oxygens (including phenoxy) is 1. The average molecular weight is 323 g/mol. The van der Waals surface area contributed by atoms with Crippen LogP contribution in [-0.2, 0) is 4.74 Å². The summed E-state index contributed by atoms with van der Waals surface area (Å²) in [5, 5.41) is 0. The van der Waals surface area contributed by atoms with Crippen molar-refractivity contribution in [2.24, 2.45) is 0 Å². The van der Waals surface area contributed by atoms with Crippen LogP contribution in [0.4, 0.5) is 5.82 Å². The first-order chi connectivity index (χ1) is 11.8. The lowest BCUT2D eigenvalue weighted by atomic mass is 10.2. The fourth-order valence-electron chi connectivity index (χ4n) is 2.72. The highest BCUT2D eigenvalue weighted by atomic mass is 16.5. The molecule has 0 bridgehead atoms. The number of hydrogen-bond donors (Lipinski definition) is 1. The quantitative estimate of drug-likeness (QED) is 0.793. The van der Waals surface area contributed by atoms with Gasteiger partial charge >= 0.3 is 0 Å². The summed E-state index contributed by atoms with van der Waals surface area (Å²) in [6.07, 6.45) is 3.19. The second kappa shape index (κ2) is 6.29. The number of hydrogen-bond acceptors (Lipinski definition) is 5. The highest BCUT2D eigenvalue weighted by Gasteiger charge is 2.14. The number of fused-ring (bicyclic) bond motifs is 1. The molecule has 1 amide bonds. The molecule has 122 valence electrons. The van der Waals surface area contributed by atoms with Crippen LogP contribution in [0.1, 0.15) is 10.4 Å². The first kappa shape index (κ1) is 14.6. The van der Waals surface area contributed by atoms with Gasteiger partial charge in [0.05, 0.1) is 29.8 Å². The minimum absolute atomic E-state index is 0.223. The zero-order chi connectivity index (χ0) is 16.4. The number of morpholine rings is 1. The van der Waals surface area contributed by atoms with E-state index in [1.807, 2.05) is 30.3 Å². The van der Waals surface area contributed by atoms with Crippen LogP contribution in [0.2, 0.25) is 0 Å². The van der Waals surface area contributed by atoms with Crippen molar-refractivity contribution in [1.82, 2.24) is 14.6 Å². The Hall–Kier alpha value is -2.93. The van der Waals surface area contributed by atoms with E-state index in [0.29, 0.717) is 18.8 Å². The Bertz CT molecular complexity index is 853. The average Bonchev–Trinajstić information content (AvgIpc) is 3.06. The van der Waals surface area contributed by atoms with Gasteiger partial charge in [-0.3, -0.25) is 10.2 Å². The largest absolute Gasteiger partial charge is 0.378 e. The third kappa shape index (κ3) is 2.81. The number of pyridine rings is 1. The summed E-state index contributed by atoms with van der Waals surface area (Å²) in [6.45, 7) is 3.05. The minimum Gasteiger partial charge on any atom is -0.378 e. The van der Waals surface area contributed by atoms with Gasteiger partial charge in [0, 0.05) is 19.3 Å². The van der Waals surface area contributed by atoms with Crippen LogP contribution < -0.4 is 10.3 Å². The number of nitrogens with one attached hydrogen (secondary N) is 1. The molecule has 3 heterocycles. The number of rotatable bonds is 3. The third-order valence-corrected chi connectivity index (χ3v) is 4.02. The summed E-state index contributed by atoms with van der Waals surface area (Å²) in [7, 11) is 0. The first-order valence-corrected chi connectivity index (χ1v) is 7.83. The summed E-state index contributed by atoms with van der Waals surface area (Å²) >= 11 is 0. The molecule has 0 spiro atoms. The van der Waals surface area contributed by atoms with Crippen molar-refractivity contribution >= 4 is 22.8 Å². The van der Waals surface area contributed by atoms with Gasteiger partial charge in [-0.15, -0.1) is 0 Å². The molecule has 7 heteroatoms. The molecule has 1 fully saturated rings. The van der Waals surface area contributed by atoms with Gasteiger partial charge in [-0.05, 0) is 24.3 Å². The molecule has 1 saturated heterocycles. The zero-order valence-corrected chi connectivity index (χ0v) is 13.1. The molecule has 7 nitrogen and oxygen atoms in total. The molecule has 1 aliphatic heterocycles. The molecule has 4 rings (SSSR count). The summed E-state index contributed by atoms with van der Waals surface area (Å²) < 4.78 is 6.95. The van der Waals surface area contributed by atoms with Gasteiger partial charge in [0.1, 0.15) is 12.1 Å². The number of imidazole rings is 1. The van der Waals surface area contributed by atoms with E-state index in [0.717, 1.165) is 29.9 Å². The summed E-state index contributed by atoms with van der Waals surface area (Å²) in [4.78, 5) is 23.2. The molecular weight excluding hydrogens is 306 g/mol. The predicted molar refractivity (Wildman–Crippen MR) is 90.7 cm³/mol. The zero-order valence-electron chi connectivity index (χ0n) is 13.1. The molecule has 2 aromatic heterocycles. The number of para-hydroxylation sites is 2. The van der Waals surface area contributed by atoms with E-state index >= 15 is 0 Å². The Labute approximate surface area is 138 Å². The van der Waals surface area contributed by atoms with Crippen molar-refractivity contribution in [3.63, 3.8) is 0 Å². The Kier molecular flexibility index (Phi) is 3.84. The van der Waals surface area contributed by atoms with Gasteiger partial charge in [0.2, 0.25) is 0 Å².